The number of nitrogens with zero attached hydrogens (tertiary/aromatic N) is 3. The van der Waals surface area contributed by atoms with Gasteiger partial charge in [0.2, 0.25) is 0 Å². The van der Waals surface area contributed by atoms with Gasteiger partial charge in [0.1, 0.15) is 29.4 Å². The Morgan fingerprint density at radius 3 is 2.90 bits per heavy atom. The average molecular weight is 454 g/mol. The Bertz CT molecular complexity index is 884. The van der Waals surface area contributed by atoms with Gasteiger partial charge in [-0.05, 0) is 18.9 Å². The normalized spacial score (nSPS) is 20.8. The first-order valence-electron chi connectivity index (χ1n) is 9.54. The number of aliphatic carboxylic acids is 1. The number of fused-ring (bicyclic) bond motifs is 1. The van der Waals surface area contributed by atoms with E-state index in [-0.39, 0.29) is 22.2 Å². The first kappa shape index (κ1) is 22.1. The molecule has 0 saturated carbocycles. The summed E-state index contributed by atoms with van der Waals surface area (Å²) in [6.07, 6.45) is 5.48. The summed E-state index contributed by atoms with van der Waals surface area (Å²) >= 11 is 2.53. The number of hydrogen-bond donors (Lipinski definition) is 3. The molecule has 12 heteroatoms. The number of nitrogens with one attached hydrogen (secondary N) is 1. The van der Waals surface area contributed by atoms with E-state index in [0.29, 0.717) is 12.4 Å². The quantitative estimate of drug-likeness (QED) is 0.208. The molecule has 3 rings (SSSR count). The zero-order valence-electron chi connectivity index (χ0n) is 16.4. The fourth-order valence-corrected chi connectivity index (χ4v) is 4.79. The number of thioether (sulfide) groups is 1. The second-order valence-electron chi connectivity index (χ2n) is 6.68. The van der Waals surface area contributed by atoms with Gasteiger partial charge in [0.25, 0.3) is 11.8 Å². The third-order valence-electron chi connectivity index (χ3n) is 4.58. The van der Waals surface area contributed by atoms with Crippen LogP contribution in [-0.2, 0) is 19.2 Å². The van der Waals surface area contributed by atoms with Crippen molar-refractivity contribution < 1.29 is 24.3 Å². The summed E-state index contributed by atoms with van der Waals surface area (Å²) in [7, 11) is 0. The Hall–Kier alpha value is -2.60. The van der Waals surface area contributed by atoms with Gasteiger partial charge >= 0.3 is 5.97 Å². The highest BCUT2D eigenvalue weighted by Crippen LogP contribution is 2.37. The van der Waals surface area contributed by atoms with Crippen molar-refractivity contribution in [1.29, 1.82) is 0 Å². The highest BCUT2D eigenvalue weighted by Gasteiger charge is 2.53. The molecule has 2 aliphatic rings. The highest BCUT2D eigenvalue weighted by molar-refractivity contribution is 8.00. The van der Waals surface area contributed by atoms with Crippen LogP contribution in [0.25, 0.3) is 0 Å². The van der Waals surface area contributed by atoms with Gasteiger partial charge < -0.3 is 21.0 Å². The molecule has 2 aliphatic heterocycles. The van der Waals surface area contributed by atoms with Crippen LogP contribution in [-0.4, -0.2) is 62.3 Å². The highest BCUT2D eigenvalue weighted by atomic mass is 32.2. The number of thiazole rings is 1. The lowest BCUT2D eigenvalue weighted by atomic mass is 10.0. The van der Waals surface area contributed by atoms with Gasteiger partial charge in [-0.3, -0.25) is 14.5 Å². The van der Waals surface area contributed by atoms with Gasteiger partial charge in [0, 0.05) is 11.1 Å². The minimum absolute atomic E-state index is 0.0640. The Kier molecular flexibility index (Phi) is 7.32. The van der Waals surface area contributed by atoms with Crippen LogP contribution in [0.3, 0.4) is 0 Å². The number of hydrogen-bond acceptors (Lipinski definition) is 9. The lowest BCUT2D eigenvalue weighted by molar-refractivity contribution is -0.150. The Morgan fingerprint density at radius 1 is 1.43 bits per heavy atom. The number of nitrogens with two attached hydrogens (primary N) is 1. The van der Waals surface area contributed by atoms with Crippen LogP contribution in [0, 0.1) is 0 Å². The number of carbonyl (C=O) groups excluding carboxylic acids is 2. The average Bonchev–Trinajstić information content (AvgIpc) is 3.16. The fourth-order valence-electron chi connectivity index (χ4n) is 3.05. The van der Waals surface area contributed by atoms with E-state index in [0.717, 1.165) is 37.0 Å². The molecule has 1 aromatic rings. The van der Waals surface area contributed by atoms with E-state index in [1.807, 2.05) is 0 Å². The van der Waals surface area contributed by atoms with Crippen molar-refractivity contribution in [2.24, 2.45) is 5.16 Å². The largest absolute Gasteiger partial charge is 0.477 e. The van der Waals surface area contributed by atoms with Gasteiger partial charge in [0.15, 0.2) is 10.8 Å². The number of aromatic nitrogens is 1. The molecule has 2 atom stereocenters. The van der Waals surface area contributed by atoms with E-state index in [1.54, 1.807) is 5.38 Å². The van der Waals surface area contributed by atoms with Gasteiger partial charge in [-0.15, -0.1) is 23.1 Å². The maximum atomic E-state index is 12.8. The number of carboxylic acids is 1. The molecule has 0 radical (unpaired) electrons. The van der Waals surface area contributed by atoms with Crippen molar-refractivity contribution in [3.8, 4) is 0 Å². The summed E-state index contributed by atoms with van der Waals surface area (Å²) in [4.78, 5) is 47.2. The van der Waals surface area contributed by atoms with Crippen molar-refractivity contribution in [2.75, 3.05) is 18.1 Å². The van der Waals surface area contributed by atoms with Gasteiger partial charge in [0.05, 0.1) is 0 Å². The monoisotopic (exact) mass is 453 g/mol. The van der Waals surface area contributed by atoms with Crippen LogP contribution in [0.1, 0.15) is 38.3 Å². The van der Waals surface area contributed by atoms with Crippen LogP contribution in [0.15, 0.2) is 22.3 Å². The molecule has 0 bridgehead atoms. The molecule has 3 heterocycles. The molecule has 1 aromatic heterocycles. The van der Waals surface area contributed by atoms with E-state index in [4.69, 9.17) is 10.6 Å². The fraction of sp³-hybridized carbons (Fsp3) is 0.500. The number of oxime groups is 1. The Balaban J connectivity index is 1.67. The summed E-state index contributed by atoms with van der Waals surface area (Å²) < 4.78 is 0. The van der Waals surface area contributed by atoms with E-state index in [1.165, 1.54) is 22.7 Å². The number of anilines is 1. The van der Waals surface area contributed by atoms with Gasteiger partial charge in [-0.25, -0.2) is 9.78 Å². The molecule has 0 spiro atoms. The predicted molar refractivity (Wildman–Crippen MR) is 114 cm³/mol. The lowest BCUT2D eigenvalue weighted by Crippen LogP contribution is -2.70. The topological polar surface area (TPSA) is 147 Å². The van der Waals surface area contributed by atoms with Crippen LogP contribution in [0.5, 0.6) is 0 Å². The number of carboxylic acid groups (broad SMARTS) is 1. The van der Waals surface area contributed by atoms with E-state index < -0.39 is 29.2 Å². The number of nitrogen functional groups attached to an aromatic ring is 1. The minimum Gasteiger partial charge on any atom is -0.477 e. The van der Waals surface area contributed by atoms with E-state index in [9.17, 15) is 19.5 Å². The predicted octanol–water partition coefficient (Wildman–Crippen LogP) is 1.39. The van der Waals surface area contributed by atoms with Crippen molar-refractivity contribution in [3.63, 3.8) is 0 Å². The molecular formula is C18H23N5O5S2. The van der Waals surface area contributed by atoms with E-state index >= 15 is 0 Å². The van der Waals surface area contributed by atoms with Crippen molar-refractivity contribution in [2.45, 2.75) is 44.0 Å². The number of amides is 2. The molecule has 1 unspecified atom stereocenters. The summed E-state index contributed by atoms with van der Waals surface area (Å²) in [5.74, 6) is -1.84. The molecular weight excluding hydrogens is 430 g/mol. The minimum atomic E-state index is -1.17. The lowest BCUT2D eigenvalue weighted by Gasteiger charge is -2.48. The molecule has 10 nitrogen and oxygen atoms in total. The molecule has 1 saturated heterocycles. The van der Waals surface area contributed by atoms with Gasteiger partial charge in [-0.1, -0.05) is 24.9 Å². The van der Waals surface area contributed by atoms with Crippen molar-refractivity contribution in [3.05, 3.63) is 22.8 Å². The summed E-state index contributed by atoms with van der Waals surface area (Å²) in [6, 6.07) is -0.851. The zero-order chi connectivity index (χ0) is 21.7. The van der Waals surface area contributed by atoms with Crippen LogP contribution >= 0.6 is 23.1 Å². The molecule has 0 aromatic carbocycles. The van der Waals surface area contributed by atoms with Crippen molar-refractivity contribution >= 4 is 51.7 Å². The first-order chi connectivity index (χ1) is 14.4. The SMILES string of the molecule is CCCCCCON=C(C(=O)NC1C(=O)N2C(C(=O)O)=CCS[C@H]12)c1csc(N)n1. The molecule has 30 heavy (non-hydrogen) atoms. The molecule has 0 aliphatic carbocycles. The van der Waals surface area contributed by atoms with E-state index in [2.05, 4.69) is 22.4 Å². The maximum absolute atomic E-state index is 12.8. The van der Waals surface area contributed by atoms with Crippen LogP contribution in [0.2, 0.25) is 0 Å². The summed E-state index contributed by atoms with van der Waals surface area (Å²) in [6.45, 7) is 2.47. The van der Waals surface area contributed by atoms with Gasteiger partial charge in [-0.2, -0.15) is 0 Å². The third-order valence-corrected chi connectivity index (χ3v) is 6.43. The maximum Gasteiger partial charge on any atom is 0.352 e. The third kappa shape index (κ3) is 4.75. The Morgan fingerprint density at radius 2 is 2.23 bits per heavy atom. The van der Waals surface area contributed by atoms with Crippen molar-refractivity contribution in [1.82, 2.24) is 15.2 Å². The standard InChI is InChI=1S/C18H23N5O5S2/c1-2-3-4-5-7-28-22-12(10-9-30-18(19)20-10)14(24)21-13-15(25)23-11(17(26)27)6-8-29-16(13)23/h6,9,13,16H,2-5,7-8H2,1H3,(H2,19,20)(H,21,24)(H,26,27)/t13?,16-/m1/s1. The number of carbonyl (C=O) groups is 3. The summed E-state index contributed by atoms with van der Waals surface area (Å²) in [5.41, 5.74) is 5.80. The molecule has 162 valence electrons. The van der Waals surface area contributed by atoms with Crippen LogP contribution < -0.4 is 11.1 Å². The molecule has 4 N–H and O–H groups in total. The number of β-lactam (4-membered cyclic amide) rings is 1. The first-order valence-corrected chi connectivity index (χ1v) is 11.5. The Labute approximate surface area is 181 Å². The second kappa shape index (κ2) is 9.94. The number of unbranched alkanes of at least 4 members (excludes halogenated alkanes) is 3. The smallest absolute Gasteiger partial charge is 0.352 e. The zero-order valence-corrected chi connectivity index (χ0v) is 18.0. The number of rotatable bonds is 10. The molecule has 1 fully saturated rings. The van der Waals surface area contributed by atoms with Crippen LogP contribution in [0.4, 0.5) is 5.13 Å². The second-order valence-corrected chi connectivity index (χ2v) is 8.72. The molecule has 2 amide bonds. The summed E-state index contributed by atoms with van der Waals surface area (Å²) in [5, 5.41) is 17.2.